The fraction of sp³-hybridized carbons (Fsp3) is 0.235. The maximum Gasteiger partial charge on any atom is 0.141 e. The highest BCUT2D eigenvalue weighted by Crippen LogP contribution is 2.14. The van der Waals surface area contributed by atoms with Gasteiger partial charge >= 0.3 is 0 Å². The van der Waals surface area contributed by atoms with E-state index in [1.807, 2.05) is 31.2 Å². The van der Waals surface area contributed by atoms with Crippen LogP contribution in [0, 0.1) is 12.7 Å². The molecule has 0 spiro atoms. The van der Waals surface area contributed by atoms with Crippen molar-refractivity contribution in [1.82, 2.24) is 0 Å². The van der Waals surface area contributed by atoms with Crippen LogP contribution in [0.4, 0.5) is 4.39 Å². The number of carbonyl (C=O) groups is 1. The number of benzene rings is 2. The van der Waals surface area contributed by atoms with Crippen molar-refractivity contribution >= 4 is 5.78 Å². The Bertz CT molecular complexity index is 622. The summed E-state index contributed by atoms with van der Waals surface area (Å²) in [5.74, 6) is -0.236. The van der Waals surface area contributed by atoms with Gasteiger partial charge in [0.25, 0.3) is 0 Å². The molecule has 0 aliphatic rings. The van der Waals surface area contributed by atoms with E-state index >= 15 is 0 Å². The van der Waals surface area contributed by atoms with Gasteiger partial charge in [0.1, 0.15) is 11.6 Å². The minimum Gasteiger partial charge on any atom is -0.326 e. The van der Waals surface area contributed by atoms with Crippen molar-refractivity contribution in [3.8, 4) is 0 Å². The molecule has 2 aromatic carbocycles. The minimum atomic E-state index is -0.305. The highest BCUT2D eigenvalue weighted by Gasteiger charge is 2.10. The highest BCUT2D eigenvalue weighted by molar-refractivity contribution is 5.83. The molecule has 0 fully saturated rings. The van der Waals surface area contributed by atoms with E-state index in [2.05, 4.69) is 0 Å². The van der Waals surface area contributed by atoms with Crippen molar-refractivity contribution < 1.29 is 9.18 Å². The zero-order valence-corrected chi connectivity index (χ0v) is 11.5. The molecule has 0 saturated heterocycles. The number of hydrogen-bond acceptors (Lipinski definition) is 2. The number of Topliss-reactive ketones (excluding diaryl/α,β-unsaturated/α-hetero) is 1. The Labute approximate surface area is 118 Å². The van der Waals surface area contributed by atoms with Crippen LogP contribution in [0.3, 0.4) is 0 Å². The summed E-state index contributed by atoms with van der Waals surface area (Å²) in [4.78, 5) is 12.2. The Morgan fingerprint density at radius 2 is 1.70 bits per heavy atom. The third kappa shape index (κ3) is 3.52. The van der Waals surface area contributed by atoms with Gasteiger partial charge in [-0.2, -0.15) is 0 Å². The van der Waals surface area contributed by atoms with Crippen LogP contribution in [-0.4, -0.2) is 5.78 Å². The molecule has 0 heterocycles. The van der Waals surface area contributed by atoms with Gasteiger partial charge in [-0.3, -0.25) is 4.79 Å². The molecular formula is C17H18FNO. The molecule has 20 heavy (non-hydrogen) atoms. The average molecular weight is 271 g/mol. The van der Waals surface area contributed by atoms with Crippen LogP contribution in [0.25, 0.3) is 0 Å². The van der Waals surface area contributed by atoms with Crippen molar-refractivity contribution in [2.75, 3.05) is 0 Å². The number of ketones is 1. The Morgan fingerprint density at radius 3 is 2.40 bits per heavy atom. The predicted octanol–water partition coefficient (Wildman–Crippen LogP) is 2.95. The standard InChI is InChI=1S/C17H18FNO/c1-12-6-7-16(18)8-15(12)10-17(20)9-13-4-2-3-5-14(13)11-19/h2-8H,9-11,19H2,1H3. The lowest BCUT2D eigenvalue weighted by Crippen LogP contribution is -2.11. The van der Waals surface area contributed by atoms with E-state index in [4.69, 9.17) is 5.73 Å². The van der Waals surface area contributed by atoms with Gasteiger partial charge in [0.15, 0.2) is 0 Å². The van der Waals surface area contributed by atoms with Crippen LogP contribution in [0.1, 0.15) is 22.3 Å². The normalized spacial score (nSPS) is 10.6. The van der Waals surface area contributed by atoms with E-state index in [0.29, 0.717) is 13.0 Å². The average Bonchev–Trinajstić information content (AvgIpc) is 2.43. The number of aryl methyl sites for hydroxylation is 1. The molecule has 0 saturated carbocycles. The first kappa shape index (κ1) is 14.4. The van der Waals surface area contributed by atoms with Crippen molar-refractivity contribution in [2.45, 2.75) is 26.3 Å². The number of carbonyl (C=O) groups excluding carboxylic acids is 1. The van der Waals surface area contributed by atoms with Gasteiger partial charge in [0.2, 0.25) is 0 Å². The molecule has 3 heteroatoms. The fourth-order valence-corrected chi connectivity index (χ4v) is 2.25. The second-order valence-electron chi connectivity index (χ2n) is 4.94. The third-order valence-corrected chi connectivity index (χ3v) is 3.42. The molecule has 104 valence electrons. The number of nitrogens with two attached hydrogens (primary N) is 1. The number of hydrogen-bond donors (Lipinski definition) is 1. The molecule has 0 aliphatic carbocycles. The van der Waals surface area contributed by atoms with Crippen molar-refractivity contribution in [3.63, 3.8) is 0 Å². The predicted molar refractivity (Wildman–Crippen MR) is 77.9 cm³/mol. The molecule has 0 unspecified atom stereocenters. The van der Waals surface area contributed by atoms with Crippen molar-refractivity contribution in [2.24, 2.45) is 5.73 Å². The third-order valence-electron chi connectivity index (χ3n) is 3.42. The van der Waals surface area contributed by atoms with E-state index in [1.54, 1.807) is 6.07 Å². The number of halogens is 1. The summed E-state index contributed by atoms with van der Waals surface area (Å²) < 4.78 is 13.2. The highest BCUT2D eigenvalue weighted by atomic mass is 19.1. The van der Waals surface area contributed by atoms with Gasteiger partial charge in [-0.15, -0.1) is 0 Å². The maximum atomic E-state index is 13.2. The lowest BCUT2D eigenvalue weighted by molar-refractivity contribution is -0.117. The second kappa shape index (κ2) is 6.44. The van der Waals surface area contributed by atoms with Crippen LogP contribution in [0.5, 0.6) is 0 Å². The van der Waals surface area contributed by atoms with Gasteiger partial charge in [0.05, 0.1) is 0 Å². The Morgan fingerprint density at radius 1 is 1.05 bits per heavy atom. The molecule has 0 aliphatic heterocycles. The molecule has 0 amide bonds. The molecule has 0 atom stereocenters. The minimum absolute atomic E-state index is 0.0691. The van der Waals surface area contributed by atoms with Crippen LogP contribution >= 0.6 is 0 Å². The summed E-state index contributed by atoms with van der Waals surface area (Å²) in [6.45, 7) is 2.30. The molecule has 2 nitrogen and oxygen atoms in total. The Balaban J connectivity index is 2.11. The summed E-state index contributed by atoms with van der Waals surface area (Å²) in [5, 5.41) is 0. The summed E-state index contributed by atoms with van der Waals surface area (Å²) in [5.41, 5.74) is 9.29. The summed E-state index contributed by atoms with van der Waals surface area (Å²) >= 11 is 0. The van der Waals surface area contributed by atoms with E-state index in [9.17, 15) is 9.18 Å². The molecular weight excluding hydrogens is 253 g/mol. The summed E-state index contributed by atoms with van der Waals surface area (Å²) in [6.07, 6.45) is 0.589. The topological polar surface area (TPSA) is 43.1 Å². The molecule has 0 radical (unpaired) electrons. The van der Waals surface area contributed by atoms with Gasteiger partial charge in [0, 0.05) is 19.4 Å². The first-order valence-corrected chi connectivity index (χ1v) is 6.63. The SMILES string of the molecule is Cc1ccc(F)cc1CC(=O)Cc1ccccc1CN. The van der Waals surface area contributed by atoms with E-state index in [0.717, 1.165) is 22.3 Å². The molecule has 2 N–H and O–H groups in total. The maximum absolute atomic E-state index is 13.2. The molecule has 2 rings (SSSR count). The lowest BCUT2D eigenvalue weighted by atomic mass is 9.97. The van der Waals surface area contributed by atoms with E-state index < -0.39 is 0 Å². The lowest BCUT2D eigenvalue weighted by Gasteiger charge is -2.08. The zero-order valence-electron chi connectivity index (χ0n) is 11.5. The van der Waals surface area contributed by atoms with Crippen LogP contribution in [-0.2, 0) is 24.2 Å². The first-order valence-electron chi connectivity index (χ1n) is 6.63. The van der Waals surface area contributed by atoms with Crippen LogP contribution in [0.15, 0.2) is 42.5 Å². The Kier molecular flexibility index (Phi) is 4.64. The van der Waals surface area contributed by atoms with Crippen LogP contribution in [0.2, 0.25) is 0 Å². The van der Waals surface area contributed by atoms with Gasteiger partial charge < -0.3 is 5.73 Å². The van der Waals surface area contributed by atoms with Gasteiger partial charge in [-0.1, -0.05) is 30.3 Å². The van der Waals surface area contributed by atoms with Crippen molar-refractivity contribution in [3.05, 3.63) is 70.5 Å². The van der Waals surface area contributed by atoms with E-state index in [1.165, 1.54) is 12.1 Å². The summed E-state index contributed by atoms with van der Waals surface area (Å²) in [6, 6.07) is 12.2. The second-order valence-corrected chi connectivity index (χ2v) is 4.94. The van der Waals surface area contributed by atoms with Gasteiger partial charge in [-0.05, 0) is 41.3 Å². The zero-order chi connectivity index (χ0) is 14.5. The Hall–Kier alpha value is -2.00. The molecule has 0 bridgehead atoms. The largest absolute Gasteiger partial charge is 0.326 e. The molecule has 0 aromatic heterocycles. The van der Waals surface area contributed by atoms with Gasteiger partial charge in [-0.25, -0.2) is 4.39 Å². The monoisotopic (exact) mass is 271 g/mol. The smallest absolute Gasteiger partial charge is 0.141 e. The summed E-state index contributed by atoms with van der Waals surface area (Å²) in [7, 11) is 0. The first-order chi connectivity index (χ1) is 9.60. The van der Waals surface area contributed by atoms with Crippen LogP contribution < -0.4 is 5.73 Å². The number of rotatable bonds is 5. The van der Waals surface area contributed by atoms with Crippen molar-refractivity contribution in [1.29, 1.82) is 0 Å². The quantitative estimate of drug-likeness (QED) is 0.908. The molecule has 2 aromatic rings. The fourth-order valence-electron chi connectivity index (χ4n) is 2.25. The van der Waals surface area contributed by atoms with E-state index in [-0.39, 0.29) is 18.0 Å².